The number of likely N-dealkylation sites (tertiary alicyclic amines) is 1. The molecule has 178 valence electrons. The maximum Gasteiger partial charge on any atom is 0.260 e. The highest BCUT2D eigenvalue weighted by molar-refractivity contribution is 5.78. The summed E-state index contributed by atoms with van der Waals surface area (Å²) in [6, 6.07) is 17.7. The summed E-state index contributed by atoms with van der Waals surface area (Å²) in [5.74, 6) is 1.68. The van der Waals surface area contributed by atoms with Crippen LogP contribution in [0, 0.1) is 0 Å². The number of nitrogens with zero attached hydrogens (tertiary/aromatic N) is 5. The fraction of sp³-hybridized carbons (Fsp3) is 0.423. The van der Waals surface area contributed by atoms with Crippen LogP contribution in [0.15, 0.2) is 59.1 Å². The summed E-state index contributed by atoms with van der Waals surface area (Å²) < 4.78 is 11.2. The van der Waals surface area contributed by atoms with E-state index in [0.717, 1.165) is 50.4 Å². The van der Waals surface area contributed by atoms with E-state index in [-0.39, 0.29) is 12.5 Å². The van der Waals surface area contributed by atoms with Crippen molar-refractivity contribution >= 4 is 5.91 Å². The highest BCUT2D eigenvalue weighted by Gasteiger charge is 2.28. The van der Waals surface area contributed by atoms with Crippen LogP contribution in [0.25, 0.3) is 22.8 Å². The lowest BCUT2D eigenvalue weighted by Crippen LogP contribution is -2.54. The van der Waals surface area contributed by atoms with E-state index in [0.29, 0.717) is 23.5 Å². The fourth-order valence-electron chi connectivity index (χ4n) is 4.67. The molecule has 0 N–H and O–H groups in total. The zero-order valence-corrected chi connectivity index (χ0v) is 19.6. The molecule has 0 bridgehead atoms. The van der Waals surface area contributed by atoms with E-state index in [1.54, 1.807) is 0 Å². The molecule has 8 nitrogen and oxygen atoms in total. The molecule has 5 rings (SSSR count). The van der Waals surface area contributed by atoms with Crippen LogP contribution in [0.5, 0.6) is 5.75 Å². The van der Waals surface area contributed by atoms with Crippen molar-refractivity contribution in [1.29, 1.82) is 0 Å². The SMILES string of the molecule is CN1CCC(N2CCN(C(=O)COc3ccc(-c4nc(-c5ccccc5)no4)cc3)CC2)CC1. The van der Waals surface area contributed by atoms with Crippen LogP contribution < -0.4 is 4.74 Å². The Bertz CT molecular complexity index is 1070. The van der Waals surface area contributed by atoms with Gasteiger partial charge in [0.15, 0.2) is 6.61 Å². The molecule has 2 aliphatic heterocycles. The molecule has 0 atom stereocenters. The van der Waals surface area contributed by atoms with Crippen LogP contribution in [0.1, 0.15) is 12.8 Å². The zero-order chi connectivity index (χ0) is 23.3. The van der Waals surface area contributed by atoms with Gasteiger partial charge in [-0.1, -0.05) is 35.5 Å². The number of ether oxygens (including phenoxy) is 1. The molecule has 0 aliphatic carbocycles. The zero-order valence-electron chi connectivity index (χ0n) is 19.6. The molecule has 1 aromatic heterocycles. The molecule has 2 saturated heterocycles. The first-order valence-electron chi connectivity index (χ1n) is 12.0. The number of hydrogen-bond donors (Lipinski definition) is 0. The standard InChI is InChI=1S/C26H31N5O3/c1-29-13-11-22(12-14-29)30-15-17-31(18-16-30)24(32)19-33-23-9-7-21(8-10-23)26-27-25(28-34-26)20-5-3-2-4-6-20/h2-10,22H,11-19H2,1H3. The number of benzene rings is 2. The Morgan fingerprint density at radius 1 is 0.941 bits per heavy atom. The Morgan fingerprint density at radius 2 is 1.65 bits per heavy atom. The topological polar surface area (TPSA) is 74.9 Å². The van der Waals surface area contributed by atoms with Gasteiger partial charge in [-0.3, -0.25) is 9.69 Å². The number of amides is 1. The summed E-state index contributed by atoms with van der Waals surface area (Å²) in [4.78, 5) is 24.0. The predicted molar refractivity (Wildman–Crippen MR) is 129 cm³/mol. The minimum atomic E-state index is 0.0384. The average Bonchev–Trinajstić information content (AvgIpc) is 3.39. The normalized spacial score (nSPS) is 18.2. The van der Waals surface area contributed by atoms with Crippen molar-refractivity contribution in [2.24, 2.45) is 0 Å². The lowest BCUT2D eigenvalue weighted by molar-refractivity contribution is -0.135. The summed E-state index contributed by atoms with van der Waals surface area (Å²) >= 11 is 0. The minimum Gasteiger partial charge on any atom is -0.484 e. The number of carbonyl (C=O) groups excluding carboxylic acids is 1. The number of hydrogen-bond acceptors (Lipinski definition) is 7. The number of rotatable bonds is 6. The summed E-state index contributed by atoms with van der Waals surface area (Å²) in [5.41, 5.74) is 1.71. The number of piperidine rings is 1. The maximum atomic E-state index is 12.7. The van der Waals surface area contributed by atoms with Crippen LogP contribution in [-0.4, -0.2) is 89.7 Å². The molecule has 3 aromatic rings. The lowest BCUT2D eigenvalue weighted by atomic mass is 10.0. The average molecular weight is 462 g/mol. The predicted octanol–water partition coefficient (Wildman–Crippen LogP) is 3.02. The van der Waals surface area contributed by atoms with E-state index < -0.39 is 0 Å². The van der Waals surface area contributed by atoms with Gasteiger partial charge >= 0.3 is 0 Å². The lowest BCUT2D eigenvalue weighted by Gasteiger charge is -2.42. The van der Waals surface area contributed by atoms with Crippen molar-refractivity contribution in [3.63, 3.8) is 0 Å². The van der Waals surface area contributed by atoms with Crippen LogP contribution in [0.3, 0.4) is 0 Å². The molecule has 2 fully saturated rings. The molecular formula is C26H31N5O3. The van der Waals surface area contributed by atoms with Crippen LogP contribution >= 0.6 is 0 Å². The van der Waals surface area contributed by atoms with E-state index >= 15 is 0 Å². The van der Waals surface area contributed by atoms with Gasteiger partial charge in [0.25, 0.3) is 11.8 Å². The van der Waals surface area contributed by atoms with Gasteiger partial charge in [0, 0.05) is 43.3 Å². The van der Waals surface area contributed by atoms with E-state index in [1.165, 1.54) is 12.8 Å². The summed E-state index contributed by atoms with van der Waals surface area (Å²) in [7, 11) is 2.19. The van der Waals surface area contributed by atoms with Gasteiger partial charge in [-0.25, -0.2) is 0 Å². The van der Waals surface area contributed by atoms with Gasteiger partial charge in [-0.15, -0.1) is 0 Å². The van der Waals surface area contributed by atoms with Crippen molar-refractivity contribution in [3.8, 4) is 28.6 Å². The Morgan fingerprint density at radius 3 is 2.35 bits per heavy atom. The number of aromatic nitrogens is 2. The first-order valence-corrected chi connectivity index (χ1v) is 12.0. The number of carbonyl (C=O) groups is 1. The first kappa shape index (κ1) is 22.6. The molecule has 8 heteroatoms. The van der Waals surface area contributed by atoms with E-state index in [2.05, 4.69) is 27.0 Å². The van der Waals surface area contributed by atoms with Gasteiger partial charge in [-0.2, -0.15) is 4.98 Å². The minimum absolute atomic E-state index is 0.0384. The number of piperazine rings is 1. The highest BCUT2D eigenvalue weighted by atomic mass is 16.5. The summed E-state index contributed by atoms with van der Waals surface area (Å²) in [5, 5.41) is 4.06. The third-order valence-electron chi connectivity index (χ3n) is 6.79. The van der Waals surface area contributed by atoms with Crippen LogP contribution in [0.4, 0.5) is 0 Å². The van der Waals surface area contributed by atoms with Gasteiger partial charge in [0.1, 0.15) is 5.75 Å². The third-order valence-corrected chi connectivity index (χ3v) is 6.79. The highest BCUT2D eigenvalue weighted by Crippen LogP contribution is 2.24. The van der Waals surface area contributed by atoms with E-state index in [4.69, 9.17) is 9.26 Å². The molecule has 34 heavy (non-hydrogen) atoms. The molecule has 0 unspecified atom stereocenters. The first-order chi connectivity index (χ1) is 16.7. The van der Waals surface area contributed by atoms with Crippen LogP contribution in [-0.2, 0) is 4.79 Å². The largest absolute Gasteiger partial charge is 0.484 e. The van der Waals surface area contributed by atoms with Crippen molar-refractivity contribution in [3.05, 3.63) is 54.6 Å². The second kappa shape index (κ2) is 10.4. The monoisotopic (exact) mass is 461 g/mol. The van der Waals surface area contributed by atoms with Crippen LogP contribution in [0.2, 0.25) is 0 Å². The molecule has 1 amide bonds. The van der Waals surface area contributed by atoms with Crippen molar-refractivity contribution in [2.45, 2.75) is 18.9 Å². The molecule has 2 aliphatic rings. The third kappa shape index (κ3) is 5.29. The van der Waals surface area contributed by atoms with Gasteiger partial charge in [0.05, 0.1) is 0 Å². The van der Waals surface area contributed by atoms with Gasteiger partial charge < -0.3 is 19.1 Å². The Labute approximate surface area is 200 Å². The molecule has 3 heterocycles. The van der Waals surface area contributed by atoms with Gasteiger partial charge in [0.2, 0.25) is 5.82 Å². The van der Waals surface area contributed by atoms with Crippen molar-refractivity contribution in [2.75, 3.05) is 52.9 Å². The molecule has 2 aromatic carbocycles. The Balaban J connectivity index is 1.09. The van der Waals surface area contributed by atoms with E-state index in [9.17, 15) is 4.79 Å². The van der Waals surface area contributed by atoms with Crippen molar-refractivity contribution in [1.82, 2.24) is 24.8 Å². The summed E-state index contributed by atoms with van der Waals surface area (Å²) in [6.45, 7) is 5.82. The molecular weight excluding hydrogens is 430 g/mol. The molecule has 0 radical (unpaired) electrons. The van der Waals surface area contributed by atoms with Gasteiger partial charge in [-0.05, 0) is 57.2 Å². The second-order valence-corrected chi connectivity index (χ2v) is 9.05. The van der Waals surface area contributed by atoms with E-state index in [1.807, 2.05) is 59.5 Å². The maximum absolute atomic E-state index is 12.7. The quantitative estimate of drug-likeness (QED) is 0.559. The Hall–Kier alpha value is -3.23. The Kier molecular flexibility index (Phi) is 6.87. The van der Waals surface area contributed by atoms with Crippen molar-refractivity contribution < 1.29 is 14.1 Å². The molecule has 0 saturated carbocycles. The molecule has 0 spiro atoms. The fourth-order valence-corrected chi connectivity index (χ4v) is 4.67. The summed E-state index contributed by atoms with van der Waals surface area (Å²) in [6.07, 6.45) is 2.45. The second-order valence-electron chi connectivity index (χ2n) is 9.05. The smallest absolute Gasteiger partial charge is 0.260 e.